The molecule has 0 aliphatic rings. The van der Waals surface area contributed by atoms with Crippen molar-refractivity contribution in [3.8, 4) is 5.75 Å². The third kappa shape index (κ3) is 3.49. The van der Waals surface area contributed by atoms with Crippen molar-refractivity contribution < 1.29 is 4.74 Å². The van der Waals surface area contributed by atoms with Crippen LogP contribution in [-0.2, 0) is 0 Å². The van der Waals surface area contributed by atoms with Crippen molar-refractivity contribution in [2.45, 2.75) is 12.3 Å². The van der Waals surface area contributed by atoms with Crippen LogP contribution in [0, 0.1) is 0 Å². The number of ether oxygens (including phenoxy) is 1. The Labute approximate surface area is 119 Å². The second-order valence-corrected chi connectivity index (χ2v) is 4.89. The predicted molar refractivity (Wildman–Crippen MR) is 80.0 cm³/mol. The molecule has 1 atom stereocenters. The summed E-state index contributed by atoms with van der Waals surface area (Å²) in [5.41, 5.74) is 8.22. The molecule has 0 heterocycles. The van der Waals surface area contributed by atoms with Gasteiger partial charge >= 0.3 is 0 Å². The molecule has 0 spiro atoms. The lowest BCUT2D eigenvalue weighted by molar-refractivity contribution is 0.414. The summed E-state index contributed by atoms with van der Waals surface area (Å²) >= 11 is 5.94. The van der Waals surface area contributed by atoms with Crippen molar-refractivity contribution in [3.05, 3.63) is 64.7 Å². The summed E-state index contributed by atoms with van der Waals surface area (Å²) < 4.78 is 5.19. The van der Waals surface area contributed by atoms with Gasteiger partial charge in [0.25, 0.3) is 0 Å². The van der Waals surface area contributed by atoms with Gasteiger partial charge in [0, 0.05) is 10.9 Å². The molecule has 0 aliphatic carbocycles. The molecule has 0 radical (unpaired) electrons. The summed E-state index contributed by atoms with van der Waals surface area (Å²) in [6.45, 7) is 0.652. The molecule has 3 heteroatoms. The third-order valence-corrected chi connectivity index (χ3v) is 3.50. The first-order chi connectivity index (χ1) is 9.24. The SMILES string of the molecule is COc1ccc([C@H](CCN)c2ccc(Cl)cc2)cc1. The lowest BCUT2D eigenvalue weighted by atomic mass is 9.88. The average molecular weight is 276 g/mol. The zero-order valence-electron chi connectivity index (χ0n) is 11.0. The molecule has 0 aromatic heterocycles. The van der Waals surface area contributed by atoms with Gasteiger partial charge in [-0.25, -0.2) is 0 Å². The minimum Gasteiger partial charge on any atom is -0.497 e. The first kappa shape index (κ1) is 13.9. The highest BCUT2D eigenvalue weighted by molar-refractivity contribution is 6.30. The molecule has 19 heavy (non-hydrogen) atoms. The maximum absolute atomic E-state index is 5.94. The van der Waals surface area contributed by atoms with Crippen molar-refractivity contribution in [2.24, 2.45) is 5.73 Å². The molecule has 2 N–H and O–H groups in total. The van der Waals surface area contributed by atoms with Gasteiger partial charge in [0.2, 0.25) is 0 Å². The number of hydrogen-bond acceptors (Lipinski definition) is 2. The Morgan fingerprint density at radius 1 is 1.00 bits per heavy atom. The number of benzene rings is 2. The highest BCUT2D eigenvalue weighted by Crippen LogP contribution is 2.29. The van der Waals surface area contributed by atoms with Crippen LogP contribution in [0.4, 0.5) is 0 Å². The van der Waals surface area contributed by atoms with E-state index < -0.39 is 0 Å². The fraction of sp³-hybridized carbons (Fsp3) is 0.250. The van der Waals surface area contributed by atoms with Gasteiger partial charge in [0.15, 0.2) is 0 Å². The van der Waals surface area contributed by atoms with Crippen molar-refractivity contribution in [2.75, 3.05) is 13.7 Å². The van der Waals surface area contributed by atoms with Crippen LogP contribution in [-0.4, -0.2) is 13.7 Å². The van der Waals surface area contributed by atoms with Crippen LogP contribution in [0.25, 0.3) is 0 Å². The van der Waals surface area contributed by atoms with Crippen LogP contribution in [0.2, 0.25) is 5.02 Å². The highest BCUT2D eigenvalue weighted by atomic mass is 35.5. The summed E-state index contributed by atoms with van der Waals surface area (Å²) in [4.78, 5) is 0. The molecular weight excluding hydrogens is 258 g/mol. The van der Waals surface area contributed by atoms with Gasteiger partial charge in [0.1, 0.15) is 5.75 Å². The van der Waals surface area contributed by atoms with Crippen LogP contribution >= 0.6 is 11.6 Å². The topological polar surface area (TPSA) is 35.2 Å². The molecule has 0 saturated heterocycles. The molecule has 2 aromatic carbocycles. The zero-order valence-corrected chi connectivity index (χ0v) is 11.7. The number of methoxy groups -OCH3 is 1. The monoisotopic (exact) mass is 275 g/mol. The van der Waals surface area contributed by atoms with Crippen LogP contribution in [0.3, 0.4) is 0 Å². The fourth-order valence-corrected chi connectivity index (χ4v) is 2.35. The molecule has 0 bridgehead atoms. The smallest absolute Gasteiger partial charge is 0.118 e. The molecule has 0 saturated carbocycles. The van der Waals surface area contributed by atoms with E-state index in [-0.39, 0.29) is 0 Å². The van der Waals surface area contributed by atoms with E-state index in [0.717, 1.165) is 17.2 Å². The van der Waals surface area contributed by atoms with Gasteiger partial charge in [-0.2, -0.15) is 0 Å². The van der Waals surface area contributed by atoms with Gasteiger partial charge in [-0.3, -0.25) is 0 Å². The second-order valence-electron chi connectivity index (χ2n) is 4.45. The van der Waals surface area contributed by atoms with Crippen molar-refractivity contribution in [1.29, 1.82) is 0 Å². The average Bonchev–Trinajstić information content (AvgIpc) is 2.46. The Hall–Kier alpha value is -1.51. The summed E-state index contributed by atoms with van der Waals surface area (Å²) in [6.07, 6.45) is 0.911. The Kier molecular flexibility index (Phi) is 4.83. The van der Waals surface area contributed by atoms with Crippen molar-refractivity contribution in [1.82, 2.24) is 0 Å². The van der Waals surface area contributed by atoms with E-state index in [1.54, 1.807) is 7.11 Å². The van der Waals surface area contributed by atoms with E-state index in [1.807, 2.05) is 24.3 Å². The quantitative estimate of drug-likeness (QED) is 0.900. The van der Waals surface area contributed by atoms with E-state index in [4.69, 9.17) is 22.1 Å². The lowest BCUT2D eigenvalue weighted by Crippen LogP contribution is -2.08. The van der Waals surface area contributed by atoms with E-state index in [9.17, 15) is 0 Å². The first-order valence-electron chi connectivity index (χ1n) is 6.34. The third-order valence-electron chi connectivity index (χ3n) is 3.25. The largest absolute Gasteiger partial charge is 0.497 e. The molecule has 2 aromatic rings. The minimum atomic E-state index is 0.299. The number of nitrogens with two attached hydrogens (primary N) is 1. The summed E-state index contributed by atoms with van der Waals surface area (Å²) in [6, 6.07) is 16.1. The second kappa shape index (κ2) is 6.60. The van der Waals surface area contributed by atoms with E-state index >= 15 is 0 Å². The van der Waals surface area contributed by atoms with Crippen molar-refractivity contribution in [3.63, 3.8) is 0 Å². The van der Waals surface area contributed by atoms with Crippen LogP contribution in [0.15, 0.2) is 48.5 Å². The molecule has 0 unspecified atom stereocenters. The van der Waals surface area contributed by atoms with Gasteiger partial charge in [-0.05, 0) is 48.4 Å². The zero-order chi connectivity index (χ0) is 13.7. The molecular formula is C16H18ClNO. The summed E-state index contributed by atoms with van der Waals surface area (Å²) in [7, 11) is 1.67. The normalized spacial score (nSPS) is 12.2. The van der Waals surface area contributed by atoms with Crippen molar-refractivity contribution >= 4 is 11.6 Å². The van der Waals surface area contributed by atoms with Gasteiger partial charge in [-0.1, -0.05) is 35.9 Å². The molecule has 0 aliphatic heterocycles. The number of hydrogen-bond donors (Lipinski definition) is 1. The Morgan fingerprint density at radius 2 is 1.53 bits per heavy atom. The number of halogens is 1. The Bertz CT molecular complexity index is 507. The maximum atomic E-state index is 5.94. The summed E-state index contributed by atoms with van der Waals surface area (Å²) in [5.74, 6) is 1.17. The molecule has 2 rings (SSSR count). The van der Waals surface area contributed by atoms with Gasteiger partial charge < -0.3 is 10.5 Å². The highest BCUT2D eigenvalue weighted by Gasteiger charge is 2.13. The molecule has 100 valence electrons. The van der Waals surface area contributed by atoms with Gasteiger partial charge in [0.05, 0.1) is 7.11 Å². The maximum Gasteiger partial charge on any atom is 0.118 e. The molecule has 2 nitrogen and oxygen atoms in total. The summed E-state index contributed by atoms with van der Waals surface area (Å²) in [5, 5.41) is 0.755. The minimum absolute atomic E-state index is 0.299. The van der Waals surface area contributed by atoms with E-state index in [1.165, 1.54) is 11.1 Å². The van der Waals surface area contributed by atoms with Crippen LogP contribution in [0.1, 0.15) is 23.5 Å². The Balaban J connectivity index is 2.30. The fourth-order valence-electron chi connectivity index (χ4n) is 2.22. The predicted octanol–water partition coefficient (Wildman–Crippen LogP) is 3.83. The standard InChI is InChI=1S/C16H18ClNO/c1-19-15-8-4-13(5-9-15)16(10-11-18)12-2-6-14(17)7-3-12/h2-9,16H,10-11,18H2,1H3/t16-/m1/s1. The molecule has 0 fully saturated rings. The lowest BCUT2D eigenvalue weighted by Gasteiger charge is -2.17. The first-order valence-corrected chi connectivity index (χ1v) is 6.72. The van der Waals surface area contributed by atoms with Crippen LogP contribution in [0.5, 0.6) is 5.75 Å². The van der Waals surface area contributed by atoms with E-state index in [2.05, 4.69) is 24.3 Å². The van der Waals surface area contributed by atoms with Crippen LogP contribution < -0.4 is 10.5 Å². The van der Waals surface area contributed by atoms with E-state index in [0.29, 0.717) is 12.5 Å². The van der Waals surface area contributed by atoms with Gasteiger partial charge in [-0.15, -0.1) is 0 Å². The Morgan fingerprint density at radius 3 is 2.00 bits per heavy atom. The molecule has 0 amide bonds. The number of rotatable bonds is 5.